The van der Waals surface area contributed by atoms with Crippen LogP contribution in [0.25, 0.3) is 0 Å². The van der Waals surface area contributed by atoms with Gasteiger partial charge in [0.1, 0.15) is 5.78 Å². The molecule has 0 amide bonds. The summed E-state index contributed by atoms with van der Waals surface area (Å²) in [5, 5.41) is 0. The molecule has 1 nitrogen and oxygen atoms in total. The summed E-state index contributed by atoms with van der Waals surface area (Å²) in [5.41, 5.74) is 2.84. The second-order valence-corrected chi connectivity index (χ2v) is 4.95. The molecule has 2 bridgehead atoms. The zero-order chi connectivity index (χ0) is 9.28. The van der Waals surface area contributed by atoms with Gasteiger partial charge in [0, 0.05) is 12.3 Å². The molecule has 1 aromatic rings. The third kappa shape index (κ3) is 0.669. The summed E-state index contributed by atoms with van der Waals surface area (Å²) in [6.45, 7) is 0. The van der Waals surface area contributed by atoms with Crippen molar-refractivity contribution in [2.75, 3.05) is 0 Å². The fourth-order valence-corrected chi connectivity index (χ4v) is 3.69. The van der Waals surface area contributed by atoms with E-state index < -0.39 is 0 Å². The number of hydrogen-bond acceptors (Lipinski definition) is 1. The first-order valence-electron chi connectivity index (χ1n) is 5.48. The maximum atomic E-state index is 11.9. The molecule has 70 valence electrons. The van der Waals surface area contributed by atoms with Gasteiger partial charge in [-0.25, -0.2) is 0 Å². The van der Waals surface area contributed by atoms with Crippen molar-refractivity contribution in [2.45, 2.75) is 24.7 Å². The lowest BCUT2D eigenvalue weighted by molar-refractivity contribution is -0.123. The van der Waals surface area contributed by atoms with Crippen LogP contribution in [0.4, 0.5) is 0 Å². The Morgan fingerprint density at radius 1 is 1.07 bits per heavy atom. The topological polar surface area (TPSA) is 17.1 Å². The predicted octanol–water partition coefficient (Wildman–Crippen LogP) is 2.48. The van der Waals surface area contributed by atoms with Crippen LogP contribution >= 0.6 is 0 Å². The van der Waals surface area contributed by atoms with Gasteiger partial charge in [0.05, 0.1) is 0 Å². The molecule has 4 aliphatic rings. The number of carbonyl (C=O) groups is 1. The van der Waals surface area contributed by atoms with Crippen molar-refractivity contribution in [3.8, 4) is 0 Å². The standard InChI is InChI=1S/C13H12O/c14-12-6-10-7-3-1-2-4-8(7)13(12)11-5-9(10)11/h1-4,9-11,13H,5-6H2. The molecule has 0 aromatic heterocycles. The molecule has 0 radical (unpaired) electrons. The molecular weight excluding hydrogens is 172 g/mol. The molecule has 1 aromatic carbocycles. The van der Waals surface area contributed by atoms with Crippen LogP contribution in [0.1, 0.15) is 35.8 Å². The van der Waals surface area contributed by atoms with Gasteiger partial charge in [-0.2, -0.15) is 0 Å². The number of Topliss-reactive ketones (excluding diaryl/α,β-unsaturated/α-hetero) is 1. The first-order chi connectivity index (χ1) is 6.86. The molecule has 14 heavy (non-hydrogen) atoms. The summed E-state index contributed by atoms with van der Waals surface area (Å²) in [5.74, 6) is 2.94. The first kappa shape index (κ1) is 7.22. The minimum absolute atomic E-state index is 0.279. The Hall–Kier alpha value is -1.11. The highest BCUT2D eigenvalue weighted by Crippen LogP contribution is 2.65. The quantitative estimate of drug-likeness (QED) is 0.605. The van der Waals surface area contributed by atoms with Gasteiger partial charge in [-0.05, 0) is 35.3 Å². The van der Waals surface area contributed by atoms with E-state index in [0.717, 1.165) is 18.3 Å². The monoisotopic (exact) mass is 184 g/mol. The molecule has 0 heterocycles. The van der Waals surface area contributed by atoms with Crippen molar-refractivity contribution in [1.29, 1.82) is 0 Å². The van der Waals surface area contributed by atoms with Gasteiger partial charge >= 0.3 is 0 Å². The molecule has 0 N–H and O–H groups in total. The van der Waals surface area contributed by atoms with Gasteiger partial charge in [0.15, 0.2) is 0 Å². The molecule has 2 fully saturated rings. The summed E-state index contributed by atoms with van der Waals surface area (Å²) in [6.07, 6.45) is 2.12. The van der Waals surface area contributed by atoms with Gasteiger partial charge < -0.3 is 0 Å². The van der Waals surface area contributed by atoms with Crippen molar-refractivity contribution in [3.63, 3.8) is 0 Å². The molecule has 4 unspecified atom stereocenters. The van der Waals surface area contributed by atoms with Gasteiger partial charge in [-0.1, -0.05) is 24.3 Å². The smallest absolute Gasteiger partial charge is 0.141 e. The van der Waals surface area contributed by atoms with E-state index in [-0.39, 0.29) is 5.92 Å². The fraction of sp³-hybridized carbons (Fsp3) is 0.462. The van der Waals surface area contributed by atoms with E-state index in [9.17, 15) is 4.79 Å². The lowest BCUT2D eigenvalue weighted by atomic mass is 9.66. The van der Waals surface area contributed by atoms with Crippen LogP contribution in [-0.4, -0.2) is 5.78 Å². The average molecular weight is 184 g/mol. The van der Waals surface area contributed by atoms with E-state index in [4.69, 9.17) is 0 Å². The zero-order valence-electron chi connectivity index (χ0n) is 7.94. The minimum Gasteiger partial charge on any atom is -0.299 e. The molecule has 4 aliphatic carbocycles. The summed E-state index contributed by atoms with van der Waals surface area (Å²) in [7, 11) is 0. The van der Waals surface area contributed by atoms with Crippen molar-refractivity contribution in [3.05, 3.63) is 35.4 Å². The number of fused-ring (bicyclic) bond motifs is 1. The normalized spacial score (nSPS) is 41.9. The molecule has 0 aliphatic heterocycles. The molecule has 0 saturated heterocycles. The Labute approximate surface area is 83.1 Å². The molecule has 2 saturated carbocycles. The number of benzene rings is 1. The van der Waals surface area contributed by atoms with Crippen LogP contribution in [0.2, 0.25) is 0 Å². The van der Waals surface area contributed by atoms with E-state index in [2.05, 4.69) is 24.3 Å². The maximum absolute atomic E-state index is 11.9. The van der Waals surface area contributed by atoms with Crippen LogP contribution in [0.5, 0.6) is 0 Å². The highest BCUT2D eigenvalue weighted by Gasteiger charge is 2.59. The summed E-state index contributed by atoms with van der Waals surface area (Å²) >= 11 is 0. The Morgan fingerprint density at radius 2 is 1.86 bits per heavy atom. The Balaban J connectivity index is 2.01. The van der Waals surface area contributed by atoms with Crippen LogP contribution < -0.4 is 0 Å². The minimum atomic E-state index is 0.279. The Morgan fingerprint density at radius 3 is 2.71 bits per heavy atom. The third-order valence-electron chi connectivity index (χ3n) is 4.33. The maximum Gasteiger partial charge on any atom is 0.141 e. The number of ketones is 1. The second-order valence-electron chi connectivity index (χ2n) is 4.95. The summed E-state index contributed by atoms with van der Waals surface area (Å²) < 4.78 is 0. The van der Waals surface area contributed by atoms with Crippen LogP contribution in [0.3, 0.4) is 0 Å². The second kappa shape index (κ2) is 2.10. The predicted molar refractivity (Wildman–Crippen MR) is 53.1 cm³/mol. The third-order valence-corrected chi connectivity index (χ3v) is 4.33. The van der Waals surface area contributed by atoms with E-state index in [1.807, 2.05) is 0 Å². The van der Waals surface area contributed by atoms with Crippen LogP contribution in [0, 0.1) is 11.8 Å². The van der Waals surface area contributed by atoms with Crippen LogP contribution in [0.15, 0.2) is 24.3 Å². The van der Waals surface area contributed by atoms with E-state index >= 15 is 0 Å². The van der Waals surface area contributed by atoms with Gasteiger partial charge in [-0.15, -0.1) is 0 Å². The lowest BCUT2D eigenvalue weighted by Crippen LogP contribution is -2.32. The van der Waals surface area contributed by atoms with E-state index in [1.165, 1.54) is 17.5 Å². The molecular formula is C13H12O. The SMILES string of the molecule is O=C1CC2c3ccccc3C1C1CC21. The van der Waals surface area contributed by atoms with E-state index in [0.29, 0.717) is 11.7 Å². The summed E-state index contributed by atoms with van der Waals surface area (Å²) in [6, 6.07) is 8.58. The number of rotatable bonds is 0. The van der Waals surface area contributed by atoms with Crippen molar-refractivity contribution in [2.24, 2.45) is 11.8 Å². The van der Waals surface area contributed by atoms with E-state index in [1.54, 1.807) is 0 Å². The van der Waals surface area contributed by atoms with Gasteiger partial charge in [0.2, 0.25) is 0 Å². The first-order valence-corrected chi connectivity index (χ1v) is 5.48. The Kier molecular flexibility index (Phi) is 1.08. The van der Waals surface area contributed by atoms with Gasteiger partial charge in [0.25, 0.3) is 0 Å². The molecule has 4 atom stereocenters. The molecule has 5 rings (SSSR count). The molecule has 0 spiro atoms. The van der Waals surface area contributed by atoms with Crippen molar-refractivity contribution >= 4 is 5.78 Å². The lowest BCUT2D eigenvalue weighted by Gasteiger charge is -2.36. The van der Waals surface area contributed by atoms with Crippen molar-refractivity contribution in [1.82, 2.24) is 0 Å². The van der Waals surface area contributed by atoms with Gasteiger partial charge in [-0.3, -0.25) is 4.79 Å². The van der Waals surface area contributed by atoms with Crippen LogP contribution in [-0.2, 0) is 4.79 Å². The number of carbonyl (C=O) groups excluding carboxylic acids is 1. The zero-order valence-corrected chi connectivity index (χ0v) is 7.94. The number of hydrogen-bond donors (Lipinski definition) is 0. The summed E-state index contributed by atoms with van der Waals surface area (Å²) in [4.78, 5) is 11.9. The Bertz CT molecular complexity index is 435. The molecule has 1 heteroatoms. The fourth-order valence-electron chi connectivity index (χ4n) is 3.69. The largest absolute Gasteiger partial charge is 0.299 e. The highest BCUT2D eigenvalue weighted by molar-refractivity contribution is 5.91. The van der Waals surface area contributed by atoms with Crippen molar-refractivity contribution < 1.29 is 4.79 Å². The average Bonchev–Trinajstić information content (AvgIpc) is 2.98. The highest BCUT2D eigenvalue weighted by atomic mass is 16.1.